The second kappa shape index (κ2) is 10.4. The summed E-state index contributed by atoms with van der Waals surface area (Å²) >= 11 is 0. The number of hydrogen-bond acceptors (Lipinski definition) is 5. The van der Waals surface area contributed by atoms with E-state index in [0.717, 1.165) is 48.5 Å². The van der Waals surface area contributed by atoms with E-state index in [1.807, 2.05) is 4.72 Å². The summed E-state index contributed by atoms with van der Waals surface area (Å²) in [5.74, 6) is -0.735. The fourth-order valence-corrected chi connectivity index (χ4v) is 5.26. The van der Waals surface area contributed by atoms with E-state index in [0.29, 0.717) is 24.3 Å². The minimum absolute atomic E-state index is 0.0452. The highest BCUT2D eigenvalue weighted by atomic mass is 32.2. The van der Waals surface area contributed by atoms with Crippen LogP contribution in [-0.4, -0.2) is 23.4 Å². The van der Waals surface area contributed by atoms with Crippen LogP contribution in [-0.2, 0) is 36.7 Å². The Balaban J connectivity index is 1.92. The summed E-state index contributed by atoms with van der Waals surface area (Å²) in [7, 11) is -9.58. The van der Waals surface area contributed by atoms with Gasteiger partial charge in [-0.15, -0.1) is 0 Å². The lowest BCUT2D eigenvalue weighted by molar-refractivity contribution is -0.138. The average Bonchev–Trinajstić information content (AvgIpc) is 2.81. The lowest BCUT2D eigenvalue weighted by Crippen LogP contribution is -2.32. The molecule has 0 saturated heterocycles. The van der Waals surface area contributed by atoms with Crippen molar-refractivity contribution >= 4 is 20.1 Å². The van der Waals surface area contributed by atoms with Crippen molar-refractivity contribution in [3.8, 4) is 0 Å². The molecule has 0 amide bonds. The predicted molar refractivity (Wildman–Crippen MR) is 115 cm³/mol. The zero-order valence-corrected chi connectivity index (χ0v) is 19.8. The molecule has 0 heterocycles. The summed E-state index contributed by atoms with van der Waals surface area (Å²) in [6.45, 7) is -1.03. The van der Waals surface area contributed by atoms with Crippen LogP contribution in [0.25, 0.3) is 0 Å². The summed E-state index contributed by atoms with van der Waals surface area (Å²) in [5, 5.41) is 0. The van der Waals surface area contributed by atoms with Crippen LogP contribution in [0.4, 0.5) is 30.7 Å². The molecule has 6 nitrogen and oxygen atoms in total. The van der Waals surface area contributed by atoms with Gasteiger partial charge in [-0.2, -0.15) is 34.8 Å². The Morgan fingerprint density at radius 2 is 1.22 bits per heavy atom. The van der Waals surface area contributed by atoms with Crippen molar-refractivity contribution in [2.45, 2.75) is 28.2 Å². The maximum Gasteiger partial charge on any atom is 0.416 e. The van der Waals surface area contributed by atoms with E-state index in [-0.39, 0.29) is 5.56 Å². The molecule has 37 heavy (non-hydrogen) atoms. The molecule has 0 fully saturated rings. The molecule has 1 unspecified atom stereocenters. The number of nitrogens with one attached hydrogen (secondary N) is 1. The third kappa shape index (κ3) is 7.28. The van der Waals surface area contributed by atoms with Crippen molar-refractivity contribution in [3.05, 3.63) is 95.3 Å². The van der Waals surface area contributed by atoms with E-state index < -0.39 is 71.9 Å². The van der Waals surface area contributed by atoms with Gasteiger partial charge in [0.1, 0.15) is 5.82 Å². The maximum absolute atomic E-state index is 13.4. The zero-order valence-electron chi connectivity index (χ0n) is 18.2. The van der Waals surface area contributed by atoms with Gasteiger partial charge in [-0.05, 0) is 54.1 Å². The Kier molecular flexibility index (Phi) is 8.02. The van der Waals surface area contributed by atoms with Crippen molar-refractivity contribution in [2.24, 2.45) is 0 Å². The molecule has 0 aromatic heterocycles. The molecule has 1 atom stereocenters. The lowest BCUT2D eigenvalue weighted by atomic mass is 10.1. The van der Waals surface area contributed by atoms with Crippen molar-refractivity contribution in [2.75, 3.05) is 6.61 Å². The van der Waals surface area contributed by atoms with Crippen molar-refractivity contribution in [1.29, 1.82) is 0 Å². The van der Waals surface area contributed by atoms with Gasteiger partial charge in [0.25, 0.3) is 10.1 Å². The highest BCUT2D eigenvalue weighted by Gasteiger charge is 2.34. The number of benzene rings is 3. The summed E-state index contributed by atoms with van der Waals surface area (Å²) in [6.07, 6.45) is -9.72. The number of hydrogen-bond donors (Lipinski definition) is 1. The van der Waals surface area contributed by atoms with Crippen LogP contribution in [0.1, 0.15) is 22.7 Å². The SMILES string of the molecule is O=S(=O)(NC(COS(=O)(=O)c1cccc(C(F)(F)F)c1)c1ccc(F)cc1)c1cccc(C(F)(F)F)c1. The van der Waals surface area contributed by atoms with Crippen molar-refractivity contribution in [3.63, 3.8) is 0 Å². The van der Waals surface area contributed by atoms with Gasteiger partial charge in [0, 0.05) is 0 Å². The van der Waals surface area contributed by atoms with Crippen LogP contribution in [0.3, 0.4) is 0 Å². The minimum atomic E-state index is -4.86. The van der Waals surface area contributed by atoms with Crippen LogP contribution >= 0.6 is 0 Å². The van der Waals surface area contributed by atoms with E-state index >= 15 is 0 Å². The second-order valence-corrected chi connectivity index (χ2v) is 10.8. The van der Waals surface area contributed by atoms with Gasteiger partial charge >= 0.3 is 12.4 Å². The quantitative estimate of drug-likeness (QED) is 0.293. The maximum atomic E-state index is 13.4. The number of rotatable bonds is 8. The smallest absolute Gasteiger partial charge is 0.264 e. The number of sulfonamides is 1. The van der Waals surface area contributed by atoms with E-state index in [1.165, 1.54) is 0 Å². The molecule has 1 N–H and O–H groups in total. The van der Waals surface area contributed by atoms with E-state index in [2.05, 4.69) is 0 Å². The van der Waals surface area contributed by atoms with E-state index in [9.17, 15) is 47.6 Å². The van der Waals surface area contributed by atoms with Crippen LogP contribution in [0.2, 0.25) is 0 Å². The van der Waals surface area contributed by atoms with E-state index in [4.69, 9.17) is 4.18 Å². The molecule has 3 rings (SSSR count). The number of alkyl halides is 6. The highest BCUT2D eigenvalue weighted by molar-refractivity contribution is 7.89. The molecule has 0 radical (unpaired) electrons. The fraction of sp³-hybridized carbons (Fsp3) is 0.182. The monoisotopic (exact) mass is 571 g/mol. The third-order valence-corrected chi connectivity index (χ3v) is 7.63. The van der Waals surface area contributed by atoms with Gasteiger partial charge < -0.3 is 0 Å². The molecule has 0 spiro atoms. The van der Waals surface area contributed by atoms with Gasteiger partial charge in [-0.1, -0.05) is 24.3 Å². The van der Waals surface area contributed by atoms with Crippen molar-refractivity contribution < 1.29 is 51.8 Å². The Morgan fingerprint density at radius 3 is 1.73 bits per heavy atom. The molecule has 3 aromatic carbocycles. The number of halogens is 7. The molecule has 0 bridgehead atoms. The molecule has 0 aliphatic heterocycles. The molecule has 0 aliphatic carbocycles. The van der Waals surface area contributed by atoms with Gasteiger partial charge in [-0.3, -0.25) is 4.18 Å². The topological polar surface area (TPSA) is 89.5 Å². The first-order chi connectivity index (χ1) is 17.0. The fourth-order valence-electron chi connectivity index (χ4n) is 3.04. The average molecular weight is 571 g/mol. The van der Waals surface area contributed by atoms with Gasteiger partial charge in [0.15, 0.2) is 0 Å². The minimum Gasteiger partial charge on any atom is -0.264 e. The van der Waals surface area contributed by atoms with Gasteiger partial charge in [0.2, 0.25) is 10.0 Å². The first kappa shape index (κ1) is 28.6. The molecule has 0 aliphatic rings. The zero-order chi connectivity index (χ0) is 27.6. The van der Waals surface area contributed by atoms with Gasteiger partial charge in [-0.25, -0.2) is 17.5 Å². The molecule has 0 saturated carbocycles. The van der Waals surface area contributed by atoms with Crippen molar-refractivity contribution in [1.82, 2.24) is 4.72 Å². The third-order valence-electron chi connectivity index (χ3n) is 4.88. The first-order valence-electron chi connectivity index (χ1n) is 10.0. The van der Waals surface area contributed by atoms with Crippen LogP contribution < -0.4 is 4.72 Å². The Hall–Kier alpha value is -3.01. The highest BCUT2D eigenvalue weighted by Crippen LogP contribution is 2.32. The normalized spacial score (nSPS) is 13.9. The van der Waals surface area contributed by atoms with E-state index in [1.54, 1.807) is 0 Å². The molecule has 3 aromatic rings. The Labute approximate surface area is 206 Å². The van der Waals surface area contributed by atoms with Crippen LogP contribution in [0.15, 0.2) is 82.6 Å². The predicted octanol–water partition coefficient (Wildman–Crippen LogP) is 5.29. The summed E-state index contributed by atoms with van der Waals surface area (Å²) in [6, 6.07) is 7.63. The van der Waals surface area contributed by atoms with Crippen LogP contribution in [0.5, 0.6) is 0 Å². The summed E-state index contributed by atoms with van der Waals surface area (Å²) < 4.78 is 149. The molecule has 15 heteroatoms. The molecule has 200 valence electrons. The lowest BCUT2D eigenvalue weighted by Gasteiger charge is -2.20. The summed E-state index contributed by atoms with van der Waals surface area (Å²) in [5.41, 5.74) is -2.59. The van der Waals surface area contributed by atoms with Crippen LogP contribution in [0, 0.1) is 5.82 Å². The molecular formula is C22H16F7NO5S2. The van der Waals surface area contributed by atoms with Gasteiger partial charge in [0.05, 0.1) is 33.6 Å². The summed E-state index contributed by atoms with van der Waals surface area (Å²) in [4.78, 5) is -1.68. The first-order valence-corrected chi connectivity index (χ1v) is 12.9. The molecular weight excluding hydrogens is 555 g/mol. The Bertz CT molecular complexity index is 1470. The Morgan fingerprint density at radius 1 is 0.730 bits per heavy atom. The second-order valence-electron chi connectivity index (χ2n) is 7.52. The standard InChI is InChI=1S/C22H16F7NO5S2/c23-17-9-7-14(8-10-17)20(30-36(31,32)18-5-1-3-15(11-18)21(24,25)26)13-35-37(33,34)19-6-2-4-16(12-19)22(27,28)29/h1-12,20,30H,13H2. The largest absolute Gasteiger partial charge is 0.416 e.